The number of carbonyl (C=O) groups excluding carboxylic acids is 1. The van der Waals surface area contributed by atoms with E-state index in [-0.39, 0.29) is 17.6 Å². The van der Waals surface area contributed by atoms with E-state index >= 15 is 0 Å². The molecule has 2 unspecified atom stereocenters. The van der Waals surface area contributed by atoms with Crippen LogP contribution >= 0.6 is 11.3 Å². The molecule has 152 valence electrons. The summed E-state index contributed by atoms with van der Waals surface area (Å²) in [5.41, 5.74) is 6.50. The monoisotopic (exact) mass is 418 g/mol. The minimum Gasteiger partial charge on any atom is -0.486 e. The van der Waals surface area contributed by atoms with Gasteiger partial charge in [0.05, 0.1) is 21.6 Å². The summed E-state index contributed by atoms with van der Waals surface area (Å²) in [7, 11) is 0. The summed E-state index contributed by atoms with van der Waals surface area (Å²) in [5.74, 6) is 1.51. The highest BCUT2D eigenvalue weighted by Crippen LogP contribution is 2.33. The zero-order valence-corrected chi connectivity index (χ0v) is 17.7. The minimum atomic E-state index is -0.199. The maximum absolute atomic E-state index is 12.9. The maximum atomic E-state index is 12.9. The van der Waals surface area contributed by atoms with Gasteiger partial charge in [0.1, 0.15) is 18.9 Å². The fourth-order valence-electron chi connectivity index (χ4n) is 4.08. The van der Waals surface area contributed by atoms with Crippen molar-refractivity contribution in [3.05, 3.63) is 58.7 Å². The second-order valence-corrected chi connectivity index (χ2v) is 8.70. The number of ketones is 1. The van der Waals surface area contributed by atoms with Gasteiger partial charge in [-0.05, 0) is 60.7 Å². The Morgan fingerprint density at radius 1 is 1.17 bits per heavy atom. The Morgan fingerprint density at radius 3 is 2.87 bits per heavy atom. The van der Waals surface area contributed by atoms with E-state index in [1.807, 2.05) is 36.7 Å². The molecule has 2 aliphatic rings. The molecule has 6 heteroatoms. The first kappa shape index (κ1) is 19.0. The predicted octanol–water partition coefficient (Wildman–Crippen LogP) is 4.95. The van der Waals surface area contributed by atoms with E-state index in [1.165, 1.54) is 10.3 Å². The summed E-state index contributed by atoms with van der Waals surface area (Å²) in [4.78, 5) is 22.0. The van der Waals surface area contributed by atoms with E-state index in [0.717, 1.165) is 29.0 Å². The minimum absolute atomic E-state index is 0.0737. The molecule has 0 saturated carbocycles. The molecular weight excluding hydrogens is 396 g/mol. The number of Topliss-reactive ketones (excluding diaryl/α,β-unsaturated/α-hetero) is 1. The lowest BCUT2D eigenvalue weighted by atomic mass is 9.88. The molecular formula is C24H22N2O3S. The van der Waals surface area contributed by atoms with Gasteiger partial charge in [-0.15, -0.1) is 11.3 Å². The molecule has 3 heterocycles. The summed E-state index contributed by atoms with van der Waals surface area (Å²) in [5, 5.41) is 0. The van der Waals surface area contributed by atoms with E-state index in [0.29, 0.717) is 24.7 Å². The van der Waals surface area contributed by atoms with Crippen molar-refractivity contribution in [2.75, 3.05) is 13.2 Å². The van der Waals surface area contributed by atoms with Crippen molar-refractivity contribution in [1.82, 2.24) is 4.98 Å². The molecule has 1 aromatic heterocycles. The quantitative estimate of drug-likeness (QED) is 0.563. The SMILES string of the molecule is CC(Cc1ccc2ncsc2c1)C1=N/C(=C\c2ccc3c(c2)OCCO3)C(=O)C1C. The van der Waals surface area contributed by atoms with Crippen LogP contribution in [0.25, 0.3) is 16.3 Å². The lowest BCUT2D eigenvalue weighted by Crippen LogP contribution is -2.22. The van der Waals surface area contributed by atoms with Gasteiger partial charge >= 0.3 is 0 Å². The van der Waals surface area contributed by atoms with Crippen LogP contribution < -0.4 is 9.47 Å². The van der Waals surface area contributed by atoms with Gasteiger partial charge in [-0.3, -0.25) is 9.79 Å². The summed E-state index contributed by atoms with van der Waals surface area (Å²) < 4.78 is 12.4. The Labute approximate surface area is 179 Å². The predicted molar refractivity (Wildman–Crippen MR) is 120 cm³/mol. The van der Waals surface area contributed by atoms with Crippen LogP contribution in [0.4, 0.5) is 0 Å². The summed E-state index contributed by atoms with van der Waals surface area (Å²) in [6.07, 6.45) is 2.70. The van der Waals surface area contributed by atoms with Crippen molar-refractivity contribution in [2.24, 2.45) is 16.8 Å². The van der Waals surface area contributed by atoms with Crippen LogP contribution in [0, 0.1) is 11.8 Å². The molecule has 2 atom stereocenters. The molecule has 0 radical (unpaired) electrons. The summed E-state index contributed by atoms with van der Waals surface area (Å²) >= 11 is 1.65. The number of thiazole rings is 1. The van der Waals surface area contributed by atoms with Gasteiger partial charge in [0.2, 0.25) is 0 Å². The molecule has 5 nitrogen and oxygen atoms in total. The number of aromatic nitrogens is 1. The van der Waals surface area contributed by atoms with Crippen LogP contribution in [-0.4, -0.2) is 29.7 Å². The van der Waals surface area contributed by atoms with Crippen LogP contribution in [0.5, 0.6) is 11.5 Å². The second-order valence-electron chi connectivity index (χ2n) is 7.81. The smallest absolute Gasteiger partial charge is 0.189 e. The number of nitrogens with zero attached hydrogens (tertiary/aromatic N) is 2. The molecule has 2 aliphatic heterocycles. The average Bonchev–Trinajstić information content (AvgIpc) is 3.33. The molecule has 0 N–H and O–H groups in total. The Bertz CT molecular complexity index is 1190. The lowest BCUT2D eigenvalue weighted by Gasteiger charge is -2.18. The maximum Gasteiger partial charge on any atom is 0.189 e. The number of allylic oxidation sites excluding steroid dienone is 1. The third-order valence-electron chi connectivity index (χ3n) is 5.65. The van der Waals surface area contributed by atoms with E-state index in [1.54, 1.807) is 11.3 Å². The summed E-state index contributed by atoms with van der Waals surface area (Å²) in [6.45, 7) is 5.20. The first-order valence-corrected chi connectivity index (χ1v) is 11.0. The largest absolute Gasteiger partial charge is 0.486 e. The normalized spacial score (nSPS) is 20.6. The van der Waals surface area contributed by atoms with Crippen molar-refractivity contribution < 1.29 is 14.3 Å². The van der Waals surface area contributed by atoms with Gasteiger partial charge in [-0.25, -0.2) is 4.98 Å². The number of fused-ring (bicyclic) bond motifs is 2. The molecule has 5 rings (SSSR count). The number of hydrogen-bond acceptors (Lipinski definition) is 6. The van der Waals surface area contributed by atoms with Gasteiger partial charge in [0, 0.05) is 5.71 Å². The van der Waals surface area contributed by atoms with Crippen molar-refractivity contribution in [2.45, 2.75) is 20.3 Å². The van der Waals surface area contributed by atoms with Crippen molar-refractivity contribution in [3.8, 4) is 11.5 Å². The highest BCUT2D eigenvalue weighted by Gasteiger charge is 2.32. The van der Waals surface area contributed by atoms with Gasteiger partial charge < -0.3 is 9.47 Å². The Kier molecular flexibility index (Phi) is 4.87. The van der Waals surface area contributed by atoms with E-state index in [2.05, 4.69) is 30.1 Å². The van der Waals surface area contributed by atoms with Gasteiger partial charge in [-0.1, -0.05) is 19.1 Å². The van der Waals surface area contributed by atoms with Crippen molar-refractivity contribution in [1.29, 1.82) is 0 Å². The molecule has 0 spiro atoms. The zero-order chi connectivity index (χ0) is 20.7. The zero-order valence-electron chi connectivity index (χ0n) is 16.9. The van der Waals surface area contributed by atoms with Crippen LogP contribution in [-0.2, 0) is 11.2 Å². The number of aliphatic imine (C=N–C) groups is 1. The second kappa shape index (κ2) is 7.69. The number of hydrogen-bond donors (Lipinski definition) is 0. The molecule has 2 aromatic carbocycles. The standard InChI is InChI=1S/C24H22N2O3S/c1-14(9-16-3-5-18-22(12-16)30-13-25-18)23-15(2)24(27)19(26-23)10-17-4-6-20-21(11-17)29-8-7-28-20/h3-6,10-15H,7-9H2,1-2H3/b19-10-. The van der Waals surface area contributed by atoms with Gasteiger partial charge in [-0.2, -0.15) is 0 Å². The highest BCUT2D eigenvalue weighted by molar-refractivity contribution is 7.16. The van der Waals surface area contributed by atoms with Crippen LogP contribution in [0.15, 0.2) is 52.6 Å². The third kappa shape index (κ3) is 3.52. The number of ether oxygens (including phenoxy) is 2. The number of carbonyl (C=O) groups is 1. The Balaban J connectivity index is 1.39. The highest BCUT2D eigenvalue weighted by atomic mass is 32.1. The fourth-order valence-corrected chi connectivity index (χ4v) is 4.82. The van der Waals surface area contributed by atoms with Gasteiger partial charge in [0.15, 0.2) is 17.3 Å². The van der Waals surface area contributed by atoms with Crippen LogP contribution in [0.1, 0.15) is 25.0 Å². The van der Waals surface area contributed by atoms with Crippen LogP contribution in [0.2, 0.25) is 0 Å². The molecule has 0 bridgehead atoms. The topological polar surface area (TPSA) is 60.8 Å². The summed E-state index contributed by atoms with van der Waals surface area (Å²) in [6, 6.07) is 12.1. The molecule has 0 amide bonds. The molecule has 30 heavy (non-hydrogen) atoms. The first-order valence-electron chi connectivity index (χ1n) is 10.1. The lowest BCUT2D eigenvalue weighted by molar-refractivity contribution is -0.116. The van der Waals surface area contributed by atoms with E-state index in [9.17, 15) is 4.79 Å². The molecule has 0 saturated heterocycles. The molecule has 0 fully saturated rings. The molecule has 3 aromatic rings. The van der Waals surface area contributed by atoms with Gasteiger partial charge in [0.25, 0.3) is 0 Å². The first-order chi connectivity index (χ1) is 14.6. The molecule has 0 aliphatic carbocycles. The average molecular weight is 419 g/mol. The van der Waals surface area contributed by atoms with Crippen molar-refractivity contribution >= 4 is 39.1 Å². The fraction of sp³-hybridized carbons (Fsp3) is 0.292. The van der Waals surface area contributed by atoms with E-state index in [4.69, 9.17) is 14.5 Å². The number of rotatable bonds is 4. The Hall–Kier alpha value is -2.99. The van der Waals surface area contributed by atoms with E-state index < -0.39 is 0 Å². The number of benzene rings is 2. The van der Waals surface area contributed by atoms with Crippen LogP contribution in [0.3, 0.4) is 0 Å². The van der Waals surface area contributed by atoms with Crippen molar-refractivity contribution in [3.63, 3.8) is 0 Å². The third-order valence-corrected chi connectivity index (χ3v) is 6.44. The Morgan fingerprint density at radius 2 is 2.00 bits per heavy atom.